The topological polar surface area (TPSA) is 77.7 Å². The second-order valence-corrected chi connectivity index (χ2v) is 7.85. The van der Waals surface area contributed by atoms with Gasteiger partial charge in [0.25, 0.3) is 5.91 Å². The first kappa shape index (κ1) is 17.2. The SMILES string of the molecule is O=C(c1cc(Cc2ccc3c(c2)OCO3)no1)N1CCCCC1c1nccs1. The summed E-state index contributed by atoms with van der Waals surface area (Å²) in [6, 6.07) is 7.54. The van der Waals surface area contributed by atoms with Crippen molar-refractivity contribution >= 4 is 17.2 Å². The van der Waals surface area contributed by atoms with Crippen LogP contribution in [-0.2, 0) is 6.42 Å². The number of amides is 1. The van der Waals surface area contributed by atoms with Crippen LogP contribution in [-0.4, -0.2) is 34.3 Å². The molecule has 0 radical (unpaired) electrons. The molecule has 0 N–H and O–H groups in total. The Bertz CT molecular complexity index is 985. The van der Waals surface area contributed by atoms with E-state index in [1.54, 1.807) is 23.6 Å². The molecule has 0 aliphatic carbocycles. The van der Waals surface area contributed by atoms with Crippen LogP contribution in [0.15, 0.2) is 40.4 Å². The Balaban J connectivity index is 1.33. The number of nitrogens with zero attached hydrogens (tertiary/aromatic N) is 3. The second kappa shape index (κ2) is 7.27. The van der Waals surface area contributed by atoms with Gasteiger partial charge in [-0.3, -0.25) is 4.79 Å². The van der Waals surface area contributed by atoms with Crippen LogP contribution in [0.5, 0.6) is 11.5 Å². The molecular formula is C20H19N3O4S. The Morgan fingerprint density at radius 1 is 1.21 bits per heavy atom. The van der Waals surface area contributed by atoms with Gasteiger partial charge in [-0.15, -0.1) is 11.3 Å². The summed E-state index contributed by atoms with van der Waals surface area (Å²) in [6.07, 6.45) is 5.36. The van der Waals surface area contributed by atoms with E-state index in [9.17, 15) is 4.79 Å². The highest BCUT2D eigenvalue weighted by Gasteiger charge is 2.32. The molecule has 0 spiro atoms. The van der Waals surface area contributed by atoms with Crippen molar-refractivity contribution in [3.8, 4) is 11.5 Å². The molecule has 3 aromatic rings. The molecule has 7 nitrogen and oxygen atoms in total. The van der Waals surface area contributed by atoms with E-state index in [-0.39, 0.29) is 24.5 Å². The fourth-order valence-corrected chi connectivity index (χ4v) is 4.51. The van der Waals surface area contributed by atoms with Crippen LogP contribution in [0.2, 0.25) is 0 Å². The zero-order chi connectivity index (χ0) is 18.9. The highest BCUT2D eigenvalue weighted by Crippen LogP contribution is 2.34. The molecule has 1 aromatic carbocycles. The molecule has 2 aliphatic rings. The van der Waals surface area contributed by atoms with Gasteiger partial charge in [0, 0.05) is 30.6 Å². The van der Waals surface area contributed by atoms with E-state index in [4.69, 9.17) is 14.0 Å². The zero-order valence-electron chi connectivity index (χ0n) is 15.2. The number of rotatable bonds is 4. The fourth-order valence-electron chi connectivity index (χ4n) is 3.73. The Kier molecular flexibility index (Phi) is 4.48. The maximum Gasteiger partial charge on any atom is 0.293 e. The molecular weight excluding hydrogens is 378 g/mol. The number of hydrogen-bond acceptors (Lipinski definition) is 7. The first-order chi connectivity index (χ1) is 13.8. The van der Waals surface area contributed by atoms with Gasteiger partial charge in [-0.25, -0.2) is 4.98 Å². The van der Waals surface area contributed by atoms with Gasteiger partial charge >= 0.3 is 0 Å². The Hall–Kier alpha value is -2.87. The molecule has 2 aromatic heterocycles. The minimum Gasteiger partial charge on any atom is -0.454 e. The summed E-state index contributed by atoms with van der Waals surface area (Å²) < 4.78 is 16.1. The lowest BCUT2D eigenvalue weighted by Gasteiger charge is -2.33. The van der Waals surface area contributed by atoms with E-state index in [0.29, 0.717) is 18.7 Å². The fraction of sp³-hybridized carbons (Fsp3) is 0.350. The van der Waals surface area contributed by atoms with Gasteiger partial charge in [0.1, 0.15) is 5.01 Å². The number of hydrogen-bond donors (Lipinski definition) is 0. The summed E-state index contributed by atoms with van der Waals surface area (Å²) in [7, 11) is 0. The first-order valence-corrected chi connectivity index (χ1v) is 10.2. The van der Waals surface area contributed by atoms with Crippen LogP contribution in [0.4, 0.5) is 0 Å². The molecule has 4 heterocycles. The molecule has 0 saturated carbocycles. The lowest BCUT2D eigenvalue weighted by atomic mass is 10.0. The normalized spacial score (nSPS) is 18.4. The largest absolute Gasteiger partial charge is 0.454 e. The van der Waals surface area contributed by atoms with Crippen LogP contribution in [0.25, 0.3) is 0 Å². The molecule has 0 bridgehead atoms. The third kappa shape index (κ3) is 3.24. The average molecular weight is 397 g/mol. The van der Waals surface area contributed by atoms with Crippen molar-refractivity contribution in [2.24, 2.45) is 0 Å². The van der Waals surface area contributed by atoms with Crippen LogP contribution in [0.3, 0.4) is 0 Å². The van der Waals surface area contributed by atoms with E-state index in [1.165, 1.54) is 0 Å². The summed E-state index contributed by atoms with van der Waals surface area (Å²) in [4.78, 5) is 19.3. The molecule has 144 valence electrons. The summed E-state index contributed by atoms with van der Waals surface area (Å²) >= 11 is 1.59. The third-order valence-corrected chi connectivity index (χ3v) is 5.97. The van der Waals surface area contributed by atoms with Gasteiger partial charge in [0.15, 0.2) is 11.5 Å². The Morgan fingerprint density at radius 3 is 3.04 bits per heavy atom. The van der Waals surface area contributed by atoms with Crippen molar-refractivity contribution in [1.82, 2.24) is 15.0 Å². The summed E-state index contributed by atoms with van der Waals surface area (Å²) in [6.45, 7) is 0.957. The number of carbonyl (C=O) groups excluding carboxylic acids is 1. The number of aromatic nitrogens is 2. The number of fused-ring (bicyclic) bond motifs is 1. The molecule has 1 amide bonds. The van der Waals surface area contributed by atoms with Gasteiger partial charge in [-0.05, 0) is 37.0 Å². The van der Waals surface area contributed by atoms with Crippen molar-refractivity contribution in [3.05, 3.63) is 57.9 Å². The molecule has 1 atom stereocenters. The first-order valence-electron chi connectivity index (χ1n) is 9.32. The highest BCUT2D eigenvalue weighted by molar-refractivity contribution is 7.09. The molecule has 1 unspecified atom stereocenters. The van der Waals surface area contributed by atoms with Crippen molar-refractivity contribution in [2.45, 2.75) is 31.7 Å². The number of piperidine rings is 1. The Morgan fingerprint density at radius 2 is 2.14 bits per heavy atom. The smallest absolute Gasteiger partial charge is 0.293 e. The van der Waals surface area contributed by atoms with Gasteiger partial charge in [-0.2, -0.15) is 0 Å². The number of ether oxygens (including phenoxy) is 2. The standard InChI is InChI=1S/C20H19N3O4S/c24-20(23-7-2-1-3-15(23)19-21-6-8-28-19)18-11-14(22-27-18)9-13-4-5-16-17(10-13)26-12-25-16/h4-6,8,10-11,15H,1-3,7,9,12H2. The zero-order valence-corrected chi connectivity index (χ0v) is 16.0. The maximum absolute atomic E-state index is 13.1. The van der Waals surface area contributed by atoms with E-state index in [1.807, 2.05) is 28.5 Å². The average Bonchev–Trinajstić information content (AvgIpc) is 3.48. The molecule has 2 aliphatic heterocycles. The second-order valence-electron chi connectivity index (χ2n) is 6.93. The van der Waals surface area contributed by atoms with Crippen LogP contribution < -0.4 is 9.47 Å². The third-order valence-electron chi connectivity index (χ3n) is 5.09. The van der Waals surface area contributed by atoms with Gasteiger partial charge < -0.3 is 18.9 Å². The Labute approximate surface area is 165 Å². The maximum atomic E-state index is 13.1. The van der Waals surface area contributed by atoms with E-state index >= 15 is 0 Å². The number of benzene rings is 1. The van der Waals surface area contributed by atoms with E-state index < -0.39 is 0 Å². The van der Waals surface area contributed by atoms with E-state index in [0.717, 1.165) is 41.3 Å². The quantitative estimate of drug-likeness (QED) is 0.666. The van der Waals surface area contributed by atoms with Crippen molar-refractivity contribution in [1.29, 1.82) is 0 Å². The number of likely N-dealkylation sites (tertiary alicyclic amines) is 1. The monoisotopic (exact) mass is 397 g/mol. The van der Waals surface area contributed by atoms with Crippen LogP contribution >= 0.6 is 11.3 Å². The summed E-state index contributed by atoms with van der Waals surface area (Å²) in [5.74, 6) is 1.64. The van der Waals surface area contributed by atoms with Gasteiger partial charge in [0.05, 0.1) is 11.7 Å². The van der Waals surface area contributed by atoms with Crippen molar-refractivity contribution < 1.29 is 18.8 Å². The summed E-state index contributed by atoms with van der Waals surface area (Å²) in [5.41, 5.74) is 1.74. The molecule has 8 heteroatoms. The number of thiazole rings is 1. The van der Waals surface area contributed by atoms with Crippen LogP contribution in [0, 0.1) is 0 Å². The van der Waals surface area contributed by atoms with Gasteiger partial charge in [0.2, 0.25) is 12.6 Å². The molecule has 5 rings (SSSR count). The van der Waals surface area contributed by atoms with Crippen molar-refractivity contribution in [3.63, 3.8) is 0 Å². The van der Waals surface area contributed by atoms with Crippen molar-refractivity contribution in [2.75, 3.05) is 13.3 Å². The highest BCUT2D eigenvalue weighted by atomic mass is 32.1. The van der Waals surface area contributed by atoms with Crippen LogP contribution in [0.1, 0.15) is 52.1 Å². The molecule has 1 fully saturated rings. The molecule has 1 saturated heterocycles. The molecule has 28 heavy (non-hydrogen) atoms. The van der Waals surface area contributed by atoms with E-state index in [2.05, 4.69) is 10.1 Å². The lowest BCUT2D eigenvalue weighted by Crippen LogP contribution is -2.38. The summed E-state index contributed by atoms with van der Waals surface area (Å²) in [5, 5.41) is 7.03. The number of carbonyl (C=O) groups is 1. The minimum absolute atomic E-state index is 0.0173. The lowest BCUT2D eigenvalue weighted by molar-refractivity contribution is 0.0569. The predicted molar refractivity (Wildman–Crippen MR) is 102 cm³/mol. The minimum atomic E-state index is -0.121. The predicted octanol–water partition coefficient (Wildman–Crippen LogP) is 3.82. The van der Waals surface area contributed by atoms with Gasteiger partial charge in [-0.1, -0.05) is 11.2 Å².